The molecule has 0 spiro atoms. The number of nitrogens with two attached hydrogens (primary N) is 1. The van der Waals surface area contributed by atoms with Crippen molar-refractivity contribution in [1.82, 2.24) is 4.98 Å². The third-order valence-electron chi connectivity index (χ3n) is 2.44. The van der Waals surface area contributed by atoms with Gasteiger partial charge >= 0.3 is 5.97 Å². The molecular formula is C10H14N2O3S. The predicted molar refractivity (Wildman–Crippen MR) is 60.7 cm³/mol. The average Bonchev–Trinajstić information content (AvgIpc) is 2.85. The van der Waals surface area contributed by atoms with Crippen LogP contribution in [0.2, 0.25) is 0 Å². The number of anilines is 1. The molecule has 0 aliphatic carbocycles. The van der Waals surface area contributed by atoms with Crippen molar-refractivity contribution in [1.29, 1.82) is 0 Å². The lowest BCUT2D eigenvalue weighted by Crippen LogP contribution is -2.10. The number of hydrogen-bond donors (Lipinski definition) is 1. The molecule has 0 amide bonds. The highest BCUT2D eigenvalue weighted by Crippen LogP contribution is 2.34. The molecule has 1 atom stereocenters. The molecule has 2 N–H and O–H groups in total. The maximum Gasteiger partial charge on any atom is 0.358 e. The van der Waals surface area contributed by atoms with Crippen LogP contribution in [0.4, 0.5) is 5.13 Å². The summed E-state index contributed by atoms with van der Waals surface area (Å²) in [6, 6.07) is 0. The van der Waals surface area contributed by atoms with E-state index in [1.807, 2.05) is 0 Å². The van der Waals surface area contributed by atoms with Crippen molar-refractivity contribution < 1.29 is 14.3 Å². The first-order valence-electron chi connectivity index (χ1n) is 5.23. The van der Waals surface area contributed by atoms with E-state index in [0.717, 1.165) is 17.9 Å². The maximum absolute atomic E-state index is 11.7. The Labute approximate surface area is 97.6 Å². The van der Waals surface area contributed by atoms with Crippen LogP contribution in [0.25, 0.3) is 0 Å². The van der Waals surface area contributed by atoms with Gasteiger partial charge < -0.3 is 15.2 Å². The molecule has 5 nitrogen and oxygen atoms in total. The molecule has 1 aromatic heterocycles. The molecule has 1 saturated heterocycles. The highest BCUT2D eigenvalue weighted by molar-refractivity contribution is 7.15. The number of rotatable bonds is 3. The summed E-state index contributed by atoms with van der Waals surface area (Å²) < 4.78 is 10.3. The first kappa shape index (κ1) is 11.3. The SMILES string of the molecule is CCOC(=O)c1nc(N)sc1C1CCOC1. The third-order valence-corrected chi connectivity index (χ3v) is 3.49. The van der Waals surface area contributed by atoms with Gasteiger partial charge in [0.1, 0.15) is 0 Å². The molecule has 1 fully saturated rings. The van der Waals surface area contributed by atoms with Crippen LogP contribution < -0.4 is 5.73 Å². The molecule has 0 radical (unpaired) electrons. The number of aromatic nitrogens is 1. The second-order valence-electron chi connectivity index (χ2n) is 3.55. The van der Waals surface area contributed by atoms with Gasteiger partial charge in [0.25, 0.3) is 0 Å². The largest absolute Gasteiger partial charge is 0.461 e. The fraction of sp³-hybridized carbons (Fsp3) is 0.600. The van der Waals surface area contributed by atoms with Crippen molar-refractivity contribution in [3.63, 3.8) is 0 Å². The molecule has 0 bridgehead atoms. The summed E-state index contributed by atoms with van der Waals surface area (Å²) in [6.45, 7) is 3.47. The standard InChI is InChI=1S/C10H14N2O3S/c1-2-15-9(13)7-8(16-10(11)12-7)6-3-4-14-5-6/h6H,2-5H2,1H3,(H2,11,12). The number of thiazole rings is 1. The minimum atomic E-state index is -0.391. The predicted octanol–water partition coefficient (Wildman–Crippen LogP) is 1.41. The topological polar surface area (TPSA) is 74.4 Å². The lowest BCUT2D eigenvalue weighted by atomic mass is 10.1. The number of carbonyl (C=O) groups is 1. The summed E-state index contributed by atoms with van der Waals surface area (Å²) in [6.07, 6.45) is 0.911. The molecule has 1 aromatic rings. The Balaban J connectivity index is 2.25. The van der Waals surface area contributed by atoms with Gasteiger partial charge in [0.2, 0.25) is 0 Å². The van der Waals surface area contributed by atoms with Crippen molar-refractivity contribution in [2.45, 2.75) is 19.3 Å². The molecule has 2 rings (SSSR count). The summed E-state index contributed by atoms with van der Waals surface area (Å²) in [5.41, 5.74) is 6.00. The van der Waals surface area contributed by atoms with Crippen LogP contribution in [0.5, 0.6) is 0 Å². The second kappa shape index (κ2) is 4.80. The van der Waals surface area contributed by atoms with Gasteiger partial charge in [-0.15, -0.1) is 11.3 Å². The lowest BCUT2D eigenvalue weighted by Gasteiger charge is -2.06. The zero-order valence-corrected chi connectivity index (χ0v) is 9.88. The number of hydrogen-bond acceptors (Lipinski definition) is 6. The van der Waals surface area contributed by atoms with Crippen LogP contribution in [0.3, 0.4) is 0 Å². The Hall–Kier alpha value is -1.14. The number of carbonyl (C=O) groups excluding carboxylic acids is 1. The minimum absolute atomic E-state index is 0.231. The van der Waals surface area contributed by atoms with E-state index in [2.05, 4.69) is 4.98 Å². The van der Waals surface area contributed by atoms with E-state index in [0.29, 0.717) is 24.0 Å². The van der Waals surface area contributed by atoms with Crippen LogP contribution in [-0.2, 0) is 9.47 Å². The smallest absolute Gasteiger partial charge is 0.358 e. The molecule has 1 aliphatic rings. The van der Waals surface area contributed by atoms with Crippen molar-refractivity contribution in [2.75, 3.05) is 25.6 Å². The van der Waals surface area contributed by atoms with Gasteiger partial charge in [-0.3, -0.25) is 0 Å². The number of nitrogen functional groups attached to an aromatic ring is 1. The summed E-state index contributed by atoms with van der Waals surface area (Å²) in [5, 5.41) is 0.407. The Morgan fingerprint density at radius 1 is 1.75 bits per heavy atom. The lowest BCUT2D eigenvalue weighted by molar-refractivity contribution is 0.0518. The fourth-order valence-electron chi connectivity index (χ4n) is 1.71. The van der Waals surface area contributed by atoms with Crippen molar-refractivity contribution in [3.8, 4) is 0 Å². The van der Waals surface area contributed by atoms with Gasteiger partial charge in [-0.1, -0.05) is 0 Å². The summed E-state index contributed by atoms with van der Waals surface area (Å²) in [5.74, 6) is -0.161. The van der Waals surface area contributed by atoms with Crippen molar-refractivity contribution in [2.24, 2.45) is 0 Å². The highest BCUT2D eigenvalue weighted by Gasteiger charge is 2.27. The number of ether oxygens (including phenoxy) is 2. The van der Waals surface area contributed by atoms with E-state index < -0.39 is 5.97 Å². The maximum atomic E-state index is 11.7. The number of esters is 1. The summed E-state index contributed by atoms with van der Waals surface area (Å²) >= 11 is 1.35. The van der Waals surface area contributed by atoms with Gasteiger partial charge in [0, 0.05) is 17.4 Å². The molecule has 1 unspecified atom stereocenters. The molecule has 0 saturated carbocycles. The molecular weight excluding hydrogens is 228 g/mol. The Morgan fingerprint density at radius 3 is 3.19 bits per heavy atom. The Bertz CT molecular complexity index is 385. The molecule has 6 heteroatoms. The van der Waals surface area contributed by atoms with E-state index in [1.54, 1.807) is 6.92 Å². The van der Waals surface area contributed by atoms with E-state index in [4.69, 9.17) is 15.2 Å². The quantitative estimate of drug-likeness (QED) is 0.811. The summed E-state index contributed by atoms with van der Waals surface area (Å²) in [4.78, 5) is 16.6. The van der Waals surface area contributed by atoms with Gasteiger partial charge in [0.15, 0.2) is 10.8 Å². The van der Waals surface area contributed by atoms with E-state index in [-0.39, 0.29) is 5.92 Å². The molecule has 1 aliphatic heterocycles. The van der Waals surface area contributed by atoms with Gasteiger partial charge in [-0.2, -0.15) is 0 Å². The fourth-order valence-corrected chi connectivity index (χ4v) is 2.65. The van der Waals surface area contributed by atoms with E-state index >= 15 is 0 Å². The van der Waals surface area contributed by atoms with Crippen molar-refractivity contribution in [3.05, 3.63) is 10.6 Å². The van der Waals surface area contributed by atoms with Crippen LogP contribution in [0, 0.1) is 0 Å². The second-order valence-corrected chi connectivity index (χ2v) is 4.61. The molecule has 88 valence electrons. The minimum Gasteiger partial charge on any atom is -0.461 e. The molecule has 16 heavy (non-hydrogen) atoms. The normalized spacial score (nSPS) is 19.9. The van der Waals surface area contributed by atoms with Crippen molar-refractivity contribution >= 4 is 22.4 Å². The van der Waals surface area contributed by atoms with E-state index in [9.17, 15) is 4.79 Å². The monoisotopic (exact) mass is 242 g/mol. The van der Waals surface area contributed by atoms with E-state index in [1.165, 1.54) is 11.3 Å². The third kappa shape index (κ3) is 2.17. The zero-order chi connectivity index (χ0) is 11.5. The molecule has 0 aromatic carbocycles. The summed E-state index contributed by atoms with van der Waals surface area (Å²) in [7, 11) is 0. The first-order valence-corrected chi connectivity index (χ1v) is 6.05. The van der Waals surface area contributed by atoms with Crippen LogP contribution >= 0.6 is 11.3 Å². The Morgan fingerprint density at radius 2 is 2.56 bits per heavy atom. The first-order chi connectivity index (χ1) is 7.72. The zero-order valence-electron chi connectivity index (χ0n) is 9.06. The number of nitrogens with zero attached hydrogens (tertiary/aromatic N) is 1. The van der Waals surface area contributed by atoms with Crippen LogP contribution in [-0.4, -0.2) is 30.8 Å². The molecule has 2 heterocycles. The Kier molecular flexibility index (Phi) is 3.40. The van der Waals surface area contributed by atoms with Gasteiger partial charge in [-0.25, -0.2) is 9.78 Å². The average molecular weight is 242 g/mol. The van der Waals surface area contributed by atoms with Crippen LogP contribution in [0.15, 0.2) is 0 Å². The van der Waals surface area contributed by atoms with Gasteiger partial charge in [0.05, 0.1) is 13.2 Å². The van der Waals surface area contributed by atoms with Crippen LogP contribution in [0.1, 0.15) is 34.6 Å². The highest BCUT2D eigenvalue weighted by atomic mass is 32.1. The van der Waals surface area contributed by atoms with Gasteiger partial charge in [-0.05, 0) is 13.3 Å².